The predicted octanol–water partition coefficient (Wildman–Crippen LogP) is 0.120. The number of carbonyl (C=O) groups excluding carboxylic acids is 2. The largest absolute Gasteiger partial charge is 0.430 e. The van der Waals surface area contributed by atoms with E-state index in [1.54, 1.807) is 19.6 Å². The van der Waals surface area contributed by atoms with Gasteiger partial charge in [0.15, 0.2) is 0 Å². The maximum Gasteiger partial charge on any atom is 0.330 e. The van der Waals surface area contributed by atoms with Gasteiger partial charge in [0.2, 0.25) is 0 Å². The second-order valence-electron chi connectivity index (χ2n) is 6.68. The second-order valence-corrected chi connectivity index (χ2v) is 6.68. The third-order valence-electron chi connectivity index (χ3n) is 4.64. The first-order valence-electron chi connectivity index (χ1n) is 9.31. The Balaban J connectivity index is 1.49. The normalized spacial score (nSPS) is 13.3. The van der Waals surface area contributed by atoms with E-state index < -0.39 is 11.9 Å². The van der Waals surface area contributed by atoms with Crippen LogP contribution in [0, 0.1) is 0 Å². The van der Waals surface area contributed by atoms with E-state index in [-0.39, 0.29) is 5.91 Å². The summed E-state index contributed by atoms with van der Waals surface area (Å²) < 4.78 is 5.25. The van der Waals surface area contributed by atoms with Gasteiger partial charge in [0.1, 0.15) is 6.04 Å². The molecule has 3 rings (SSSR count). The number of carbonyl (C=O) groups is 2. The van der Waals surface area contributed by atoms with Crippen LogP contribution in [0.25, 0.3) is 0 Å². The van der Waals surface area contributed by atoms with Crippen LogP contribution < -0.4 is 27.4 Å². The van der Waals surface area contributed by atoms with E-state index in [0.29, 0.717) is 18.6 Å². The number of nitrogens with one attached hydrogen (secondary N) is 3. The lowest BCUT2D eigenvalue weighted by Gasteiger charge is -2.17. The fraction of sp³-hybridized carbons (Fsp3) is 0.300. The molecule has 1 heterocycles. The second kappa shape index (κ2) is 10.0. The van der Waals surface area contributed by atoms with Crippen molar-refractivity contribution in [1.82, 2.24) is 16.1 Å². The summed E-state index contributed by atoms with van der Waals surface area (Å²) in [5.41, 5.74) is 5.75. The first-order chi connectivity index (χ1) is 13.7. The highest BCUT2D eigenvalue weighted by molar-refractivity contribution is 6.48. The summed E-state index contributed by atoms with van der Waals surface area (Å²) in [5.74, 6) is 4.57. The molecule has 0 saturated heterocycles. The van der Waals surface area contributed by atoms with E-state index in [1.165, 1.54) is 5.56 Å². The van der Waals surface area contributed by atoms with Crippen molar-refractivity contribution in [2.24, 2.45) is 5.84 Å². The van der Waals surface area contributed by atoms with E-state index in [0.717, 1.165) is 30.5 Å². The third-order valence-corrected chi connectivity index (χ3v) is 4.64. The van der Waals surface area contributed by atoms with Crippen molar-refractivity contribution in [3.05, 3.63) is 65.2 Å². The summed E-state index contributed by atoms with van der Waals surface area (Å²) in [6, 6.07) is 14.7. The molecule has 1 aliphatic rings. The molecule has 1 aliphatic heterocycles. The van der Waals surface area contributed by atoms with Crippen LogP contribution in [0.4, 0.5) is 0 Å². The molecule has 8 heteroatoms. The van der Waals surface area contributed by atoms with Crippen LogP contribution in [-0.2, 0) is 22.6 Å². The smallest absolute Gasteiger partial charge is 0.330 e. The Labute approximate surface area is 165 Å². The van der Waals surface area contributed by atoms with Crippen molar-refractivity contribution in [2.75, 3.05) is 6.54 Å². The van der Waals surface area contributed by atoms with Crippen molar-refractivity contribution in [1.29, 1.82) is 0 Å². The van der Waals surface area contributed by atoms with Crippen LogP contribution in [0.5, 0.6) is 0 Å². The topological polar surface area (TPSA) is 105 Å². The van der Waals surface area contributed by atoms with Crippen molar-refractivity contribution in [3.8, 4) is 0 Å². The highest BCUT2D eigenvalue weighted by atomic mass is 16.4. The molecule has 1 radical (unpaired) electrons. The van der Waals surface area contributed by atoms with Crippen molar-refractivity contribution in [2.45, 2.75) is 32.0 Å². The molecule has 5 N–H and O–H groups in total. The average Bonchev–Trinajstić information content (AvgIpc) is 3.20. The molecule has 0 aliphatic carbocycles. The van der Waals surface area contributed by atoms with Crippen molar-refractivity contribution < 1.29 is 14.2 Å². The summed E-state index contributed by atoms with van der Waals surface area (Å²) in [6.07, 6.45) is 1.20. The Bertz CT molecular complexity index is 816. The van der Waals surface area contributed by atoms with Gasteiger partial charge in [-0.3, -0.25) is 15.0 Å². The Hall–Kier alpha value is -2.68. The van der Waals surface area contributed by atoms with Gasteiger partial charge in [-0.1, -0.05) is 36.4 Å². The number of hydrogen-bond acceptors (Lipinski definition) is 5. The van der Waals surface area contributed by atoms with Gasteiger partial charge in [0.05, 0.1) is 6.61 Å². The van der Waals surface area contributed by atoms with Crippen LogP contribution in [-0.4, -0.2) is 31.9 Å². The Morgan fingerprint density at radius 3 is 2.79 bits per heavy atom. The lowest BCUT2D eigenvalue weighted by atomic mass is 9.86. The van der Waals surface area contributed by atoms with Crippen molar-refractivity contribution in [3.63, 3.8) is 0 Å². The maximum atomic E-state index is 12.6. The van der Waals surface area contributed by atoms with Gasteiger partial charge in [-0.15, -0.1) is 0 Å². The van der Waals surface area contributed by atoms with Crippen LogP contribution in [0.1, 0.15) is 34.3 Å². The number of fused-ring (bicyclic) bond motifs is 1. The monoisotopic (exact) mass is 379 g/mol. The lowest BCUT2D eigenvalue weighted by molar-refractivity contribution is -0.123. The molecular weight excluding hydrogens is 355 g/mol. The van der Waals surface area contributed by atoms with E-state index in [1.807, 2.05) is 24.3 Å². The zero-order valence-corrected chi connectivity index (χ0v) is 15.6. The summed E-state index contributed by atoms with van der Waals surface area (Å²) in [7, 11) is 1.67. The number of hydrogen-bond donors (Lipinski definition) is 4. The quantitative estimate of drug-likeness (QED) is 0.163. The molecule has 0 fully saturated rings. The first kappa shape index (κ1) is 20.1. The molecule has 0 spiro atoms. The molecule has 28 heavy (non-hydrogen) atoms. The SMILES string of the molecule is NNC(=O)[C@H](CCCNCc1ccccc1)NC(=O)c1ccc2c(c1)CO[B]2. The van der Waals surface area contributed by atoms with Gasteiger partial charge in [0, 0.05) is 12.1 Å². The van der Waals surface area contributed by atoms with E-state index in [2.05, 4.69) is 28.2 Å². The Kier molecular flexibility index (Phi) is 7.19. The number of hydrazine groups is 1. The van der Waals surface area contributed by atoms with Gasteiger partial charge in [-0.25, -0.2) is 5.84 Å². The number of rotatable bonds is 9. The third kappa shape index (κ3) is 5.42. The summed E-state index contributed by atoms with van der Waals surface area (Å²) in [6.45, 7) is 1.94. The average molecular weight is 379 g/mol. The van der Waals surface area contributed by atoms with Crippen LogP contribution in [0.2, 0.25) is 0 Å². The minimum absolute atomic E-state index is 0.305. The molecule has 2 amide bonds. The Morgan fingerprint density at radius 2 is 2.00 bits per heavy atom. The Morgan fingerprint density at radius 1 is 1.18 bits per heavy atom. The van der Waals surface area contributed by atoms with Gasteiger partial charge in [0.25, 0.3) is 11.8 Å². The molecule has 2 aromatic rings. The van der Waals surface area contributed by atoms with Crippen LogP contribution >= 0.6 is 0 Å². The fourth-order valence-corrected chi connectivity index (χ4v) is 3.08. The molecule has 0 saturated carbocycles. The van der Waals surface area contributed by atoms with Gasteiger partial charge in [-0.05, 0) is 48.1 Å². The first-order valence-corrected chi connectivity index (χ1v) is 9.31. The fourth-order valence-electron chi connectivity index (χ4n) is 3.08. The molecule has 0 aromatic heterocycles. The molecule has 0 unspecified atom stereocenters. The summed E-state index contributed by atoms with van der Waals surface area (Å²) in [5, 5.41) is 6.11. The van der Waals surface area contributed by atoms with Gasteiger partial charge >= 0.3 is 7.48 Å². The highest BCUT2D eigenvalue weighted by Crippen LogP contribution is 2.10. The molecule has 0 bridgehead atoms. The summed E-state index contributed by atoms with van der Waals surface area (Å²) in [4.78, 5) is 24.6. The van der Waals surface area contributed by atoms with E-state index in [4.69, 9.17) is 10.5 Å². The summed E-state index contributed by atoms with van der Waals surface area (Å²) >= 11 is 0. The molecule has 2 aromatic carbocycles. The van der Waals surface area contributed by atoms with Gasteiger partial charge in [-0.2, -0.15) is 0 Å². The predicted molar refractivity (Wildman–Crippen MR) is 108 cm³/mol. The zero-order valence-electron chi connectivity index (χ0n) is 15.6. The molecule has 1 atom stereocenters. The van der Waals surface area contributed by atoms with E-state index >= 15 is 0 Å². The van der Waals surface area contributed by atoms with Gasteiger partial charge < -0.3 is 15.3 Å². The van der Waals surface area contributed by atoms with Crippen molar-refractivity contribution >= 4 is 24.8 Å². The van der Waals surface area contributed by atoms with Crippen LogP contribution in [0.15, 0.2) is 48.5 Å². The van der Waals surface area contributed by atoms with Crippen LogP contribution in [0.3, 0.4) is 0 Å². The number of amides is 2. The lowest BCUT2D eigenvalue weighted by Crippen LogP contribution is -2.49. The molecule has 7 nitrogen and oxygen atoms in total. The maximum absolute atomic E-state index is 12.6. The van der Waals surface area contributed by atoms with E-state index in [9.17, 15) is 9.59 Å². The molecule has 145 valence electrons. The molecular formula is C20H24BN4O3. The number of benzene rings is 2. The standard InChI is InChI=1S/C20H24BN4O3/c22-25-20(27)18(7-4-10-23-12-14-5-2-1-3-6-14)24-19(26)15-8-9-17-16(11-15)13-28-21-17/h1-3,5-6,8-9,11,18,23H,4,7,10,12-13,22H2,(H,24,26)(H,25,27)/t18-/m0/s1. The number of nitrogens with two attached hydrogens (primary N) is 1. The minimum atomic E-state index is -0.688. The minimum Gasteiger partial charge on any atom is -0.430 e. The zero-order chi connectivity index (χ0) is 19.8. The highest BCUT2D eigenvalue weighted by Gasteiger charge is 2.22.